The molecule has 2 aromatic rings. The molecule has 2 amide bonds. The van der Waals surface area contributed by atoms with Crippen molar-refractivity contribution in [2.24, 2.45) is 0 Å². The predicted octanol–water partition coefficient (Wildman–Crippen LogP) is 4.30. The molecule has 0 radical (unpaired) electrons. The van der Waals surface area contributed by atoms with Crippen molar-refractivity contribution in [3.05, 3.63) is 58.3 Å². The Balaban J connectivity index is 1.92. The Morgan fingerprint density at radius 3 is 2.68 bits per heavy atom. The van der Waals surface area contributed by atoms with E-state index in [-0.39, 0.29) is 24.1 Å². The highest BCUT2D eigenvalue weighted by Gasteiger charge is 2.35. The summed E-state index contributed by atoms with van der Waals surface area (Å²) in [6.45, 7) is 4.05. The van der Waals surface area contributed by atoms with E-state index in [4.69, 9.17) is 4.74 Å². The van der Waals surface area contributed by atoms with Crippen LogP contribution in [0.3, 0.4) is 0 Å². The first kappa shape index (κ1) is 20.3. The molecule has 1 aliphatic heterocycles. The van der Waals surface area contributed by atoms with Crippen LogP contribution in [0.2, 0.25) is 0 Å². The van der Waals surface area contributed by atoms with Crippen molar-refractivity contribution in [2.45, 2.75) is 38.8 Å². The topological polar surface area (TPSA) is 58.6 Å². The molecule has 2 aromatic carbocycles. The van der Waals surface area contributed by atoms with Crippen LogP contribution in [0, 0.1) is 5.82 Å². The second kappa shape index (κ2) is 8.73. The van der Waals surface area contributed by atoms with E-state index in [1.165, 1.54) is 23.1 Å². The van der Waals surface area contributed by atoms with Crippen molar-refractivity contribution in [1.29, 1.82) is 0 Å². The van der Waals surface area contributed by atoms with E-state index in [0.29, 0.717) is 15.9 Å². The summed E-state index contributed by atoms with van der Waals surface area (Å²) in [5.41, 5.74) is 0.742. The van der Waals surface area contributed by atoms with Crippen molar-refractivity contribution >= 4 is 33.4 Å². The molecule has 1 heterocycles. The van der Waals surface area contributed by atoms with Crippen LogP contribution in [0.4, 0.5) is 10.1 Å². The van der Waals surface area contributed by atoms with Gasteiger partial charge in [-0.25, -0.2) is 4.39 Å². The molecule has 0 aromatic heterocycles. The van der Waals surface area contributed by atoms with Crippen molar-refractivity contribution in [1.82, 2.24) is 5.32 Å². The van der Waals surface area contributed by atoms with Crippen LogP contribution in [0.5, 0.6) is 5.75 Å². The molecule has 5 nitrogen and oxygen atoms in total. The Labute approximate surface area is 172 Å². The zero-order valence-electron chi connectivity index (χ0n) is 15.7. The van der Waals surface area contributed by atoms with Gasteiger partial charge in [0.25, 0.3) is 11.8 Å². The highest BCUT2D eigenvalue weighted by molar-refractivity contribution is 9.10. The maximum atomic E-state index is 13.7. The zero-order valence-corrected chi connectivity index (χ0v) is 17.3. The molecule has 7 heteroatoms. The molecule has 0 saturated heterocycles. The summed E-state index contributed by atoms with van der Waals surface area (Å²) >= 11 is 3.31. The maximum absolute atomic E-state index is 13.7. The van der Waals surface area contributed by atoms with E-state index >= 15 is 0 Å². The Bertz CT molecular complexity index is 886. The number of benzene rings is 2. The Morgan fingerprint density at radius 2 is 1.96 bits per heavy atom. The Kier molecular flexibility index (Phi) is 6.34. The van der Waals surface area contributed by atoms with Crippen LogP contribution in [-0.4, -0.2) is 30.5 Å². The Morgan fingerprint density at radius 1 is 1.25 bits per heavy atom. The minimum absolute atomic E-state index is 0.0464. The van der Waals surface area contributed by atoms with Crippen LogP contribution in [0.25, 0.3) is 0 Å². The lowest BCUT2D eigenvalue weighted by atomic mass is 10.1. The number of rotatable bonds is 5. The molecule has 1 atom stereocenters. The summed E-state index contributed by atoms with van der Waals surface area (Å²) in [5, 5.41) is 2.97. The summed E-state index contributed by atoms with van der Waals surface area (Å²) in [5.74, 6) is -0.725. The molecule has 0 bridgehead atoms. The number of nitrogens with zero attached hydrogens (tertiary/aromatic N) is 1. The number of anilines is 1. The first-order valence-corrected chi connectivity index (χ1v) is 10.1. The maximum Gasteiger partial charge on any atom is 0.263 e. The summed E-state index contributed by atoms with van der Waals surface area (Å²) in [6.07, 6.45) is 0.779. The average Bonchev–Trinajstić information content (AvgIpc) is 2.72. The van der Waals surface area contributed by atoms with E-state index in [1.807, 2.05) is 13.8 Å². The van der Waals surface area contributed by atoms with Crippen LogP contribution in [0.1, 0.15) is 37.0 Å². The fraction of sp³-hybridized carbons (Fsp3) is 0.333. The van der Waals surface area contributed by atoms with Crippen molar-refractivity contribution < 1.29 is 18.7 Å². The first-order valence-electron chi connectivity index (χ1n) is 9.27. The predicted molar refractivity (Wildman–Crippen MR) is 109 cm³/mol. The molecule has 148 valence electrons. The minimum atomic E-state index is -0.841. The highest BCUT2D eigenvalue weighted by atomic mass is 79.9. The largest absolute Gasteiger partial charge is 0.477 e. The molecule has 0 spiro atoms. The zero-order chi connectivity index (χ0) is 20.3. The molecule has 0 unspecified atom stereocenters. The summed E-state index contributed by atoms with van der Waals surface area (Å²) in [7, 11) is 0. The fourth-order valence-corrected chi connectivity index (χ4v) is 3.57. The van der Waals surface area contributed by atoms with Crippen molar-refractivity contribution in [3.8, 4) is 5.75 Å². The van der Waals surface area contributed by atoms with Crippen LogP contribution in [-0.2, 0) is 4.79 Å². The molecule has 1 N–H and O–H groups in total. The lowest BCUT2D eigenvalue weighted by Crippen LogP contribution is -2.52. The molecule has 0 aliphatic carbocycles. The van der Waals surface area contributed by atoms with Gasteiger partial charge in [-0.1, -0.05) is 26.0 Å². The van der Waals surface area contributed by atoms with Crippen LogP contribution >= 0.6 is 15.9 Å². The van der Waals surface area contributed by atoms with E-state index in [2.05, 4.69) is 21.2 Å². The van der Waals surface area contributed by atoms with E-state index in [0.717, 1.165) is 12.8 Å². The SMILES string of the molecule is CCC(CC)NC(=O)[C@@H]1CN(C(=O)c2cc(F)ccc2Br)c2ccccc2O1. The van der Waals surface area contributed by atoms with E-state index in [9.17, 15) is 14.0 Å². The summed E-state index contributed by atoms with van der Waals surface area (Å²) in [4.78, 5) is 27.4. The highest BCUT2D eigenvalue weighted by Crippen LogP contribution is 2.35. The molecule has 0 fully saturated rings. The van der Waals surface area contributed by atoms with E-state index in [1.54, 1.807) is 24.3 Å². The van der Waals surface area contributed by atoms with Gasteiger partial charge in [-0.15, -0.1) is 0 Å². The minimum Gasteiger partial charge on any atom is -0.477 e. The van der Waals surface area contributed by atoms with Gasteiger partial charge in [-0.05, 0) is 59.1 Å². The summed E-state index contributed by atoms with van der Waals surface area (Å²) < 4.78 is 20.1. The lowest BCUT2D eigenvalue weighted by molar-refractivity contribution is -0.128. The van der Waals surface area contributed by atoms with Gasteiger partial charge in [-0.3, -0.25) is 9.59 Å². The van der Waals surface area contributed by atoms with Gasteiger partial charge in [0, 0.05) is 10.5 Å². The normalized spacial score (nSPS) is 15.8. The third-order valence-electron chi connectivity index (χ3n) is 4.80. The average molecular weight is 449 g/mol. The van der Waals surface area contributed by atoms with Gasteiger partial charge >= 0.3 is 0 Å². The monoisotopic (exact) mass is 448 g/mol. The van der Waals surface area contributed by atoms with Gasteiger partial charge in [-0.2, -0.15) is 0 Å². The number of hydrogen-bond acceptors (Lipinski definition) is 3. The molecular weight excluding hydrogens is 427 g/mol. The van der Waals surface area contributed by atoms with Crippen LogP contribution in [0.15, 0.2) is 46.9 Å². The number of carbonyl (C=O) groups excluding carboxylic acids is 2. The number of halogens is 2. The van der Waals surface area contributed by atoms with Gasteiger partial charge in [0.2, 0.25) is 0 Å². The quantitative estimate of drug-likeness (QED) is 0.741. The van der Waals surface area contributed by atoms with Gasteiger partial charge in [0.15, 0.2) is 6.10 Å². The lowest BCUT2D eigenvalue weighted by Gasteiger charge is -2.35. The second-order valence-corrected chi connectivity index (χ2v) is 7.49. The van der Waals surface area contributed by atoms with Crippen LogP contribution < -0.4 is 15.0 Å². The van der Waals surface area contributed by atoms with Crippen molar-refractivity contribution in [2.75, 3.05) is 11.4 Å². The number of ether oxygens (including phenoxy) is 1. The van der Waals surface area contributed by atoms with Gasteiger partial charge in [0.05, 0.1) is 17.8 Å². The molecule has 0 saturated carbocycles. The van der Waals surface area contributed by atoms with Crippen molar-refractivity contribution in [3.63, 3.8) is 0 Å². The van der Waals surface area contributed by atoms with Gasteiger partial charge in [0.1, 0.15) is 11.6 Å². The summed E-state index contributed by atoms with van der Waals surface area (Å²) in [6, 6.07) is 11.0. The van der Waals surface area contributed by atoms with Gasteiger partial charge < -0.3 is 15.0 Å². The molecule has 28 heavy (non-hydrogen) atoms. The molecule has 3 rings (SSSR count). The number of nitrogens with one attached hydrogen (secondary N) is 1. The third-order valence-corrected chi connectivity index (χ3v) is 5.49. The number of carbonyl (C=O) groups is 2. The third kappa shape index (κ3) is 4.19. The molecular formula is C21H22BrFN2O3. The standard InChI is InChI=1S/C21H22BrFN2O3/c1-3-14(4-2)24-20(26)19-12-25(17-7-5-6-8-18(17)28-19)21(27)15-11-13(23)9-10-16(15)22/h5-11,14,19H,3-4,12H2,1-2H3,(H,24,26)/t19-/m0/s1. The number of hydrogen-bond donors (Lipinski definition) is 1. The first-order chi connectivity index (χ1) is 13.4. The number of amides is 2. The number of para-hydroxylation sites is 2. The number of fused-ring (bicyclic) bond motifs is 1. The smallest absolute Gasteiger partial charge is 0.263 e. The second-order valence-electron chi connectivity index (χ2n) is 6.64. The Hall–Kier alpha value is -2.41. The molecule has 1 aliphatic rings. The fourth-order valence-electron chi connectivity index (χ4n) is 3.16. The van der Waals surface area contributed by atoms with E-state index < -0.39 is 17.8 Å².